The second-order valence-electron chi connectivity index (χ2n) is 5.69. The third-order valence-electron chi connectivity index (χ3n) is 4.22. The van der Waals surface area contributed by atoms with Crippen molar-refractivity contribution in [3.05, 3.63) is 65.7 Å². The van der Waals surface area contributed by atoms with E-state index < -0.39 is 5.97 Å². The molecular weight excluding hydrogens is 342 g/mol. The first-order chi connectivity index (χ1) is 11.6. The molecule has 0 saturated heterocycles. The molecule has 1 aliphatic carbocycles. The number of hydrogen-bond acceptors (Lipinski definition) is 4. The molecule has 4 rings (SSSR count). The van der Waals surface area contributed by atoms with Crippen molar-refractivity contribution in [3.8, 4) is 22.5 Å². The third-order valence-corrected chi connectivity index (χ3v) is 4.22. The van der Waals surface area contributed by atoms with Crippen molar-refractivity contribution < 1.29 is 19.1 Å². The number of aromatic carboxylic acids is 1. The summed E-state index contributed by atoms with van der Waals surface area (Å²) in [5.74, 6) is -0.599. The normalized spacial score (nSPS) is 12.6. The van der Waals surface area contributed by atoms with E-state index in [0.29, 0.717) is 24.2 Å². The molecule has 0 saturated carbocycles. The number of rotatable bonds is 3. The fraction of sp³-hybridized carbons (Fsp3) is 0.105. The number of halogens is 1. The van der Waals surface area contributed by atoms with E-state index in [2.05, 4.69) is 4.98 Å². The fourth-order valence-corrected chi connectivity index (χ4v) is 3.05. The van der Waals surface area contributed by atoms with Gasteiger partial charge < -0.3 is 9.52 Å². The average molecular weight is 356 g/mol. The lowest BCUT2D eigenvalue weighted by molar-refractivity contribution is 0.0663. The number of Topliss-reactive ketones (excluding diaryl/α,β-unsaturated/α-hetero) is 1. The summed E-state index contributed by atoms with van der Waals surface area (Å²) in [6.07, 6.45) is 4.52. The number of pyridine rings is 1. The molecule has 0 bridgehead atoms. The van der Waals surface area contributed by atoms with Gasteiger partial charge in [0.25, 0.3) is 0 Å². The molecular formula is C19H14ClNO4. The Hall–Kier alpha value is -2.92. The maximum atomic E-state index is 11.8. The number of hydrogen-bond donors (Lipinski definition) is 1. The highest BCUT2D eigenvalue weighted by atomic mass is 35.5. The Morgan fingerprint density at radius 1 is 1.00 bits per heavy atom. The van der Waals surface area contributed by atoms with Gasteiger partial charge in [0.15, 0.2) is 5.78 Å². The van der Waals surface area contributed by atoms with Gasteiger partial charge in [-0.15, -0.1) is 12.4 Å². The zero-order valence-electron chi connectivity index (χ0n) is 13.1. The number of aryl methyl sites for hydroxylation is 1. The molecule has 0 amide bonds. The molecule has 25 heavy (non-hydrogen) atoms. The molecule has 126 valence electrons. The Balaban J connectivity index is 0.00000182. The van der Waals surface area contributed by atoms with Crippen LogP contribution in [0.2, 0.25) is 0 Å². The predicted molar refractivity (Wildman–Crippen MR) is 94.2 cm³/mol. The highest BCUT2D eigenvalue weighted by Gasteiger charge is 2.23. The Morgan fingerprint density at radius 3 is 2.48 bits per heavy atom. The largest absolute Gasteiger partial charge is 0.475 e. The minimum Gasteiger partial charge on any atom is -0.475 e. The number of nitrogens with zero attached hydrogens (tertiary/aromatic N) is 1. The van der Waals surface area contributed by atoms with E-state index in [1.165, 1.54) is 6.07 Å². The molecule has 1 aliphatic rings. The van der Waals surface area contributed by atoms with E-state index in [1.54, 1.807) is 36.7 Å². The molecule has 0 spiro atoms. The molecule has 5 nitrogen and oxygen atoms in total. The van der Waals surface area contributed by atoms with Crippen molar-refractivity contribution in [2.75, 3.05) is 0 Å². The summed E-state index contributed by atoms with van der Waals surface area (Å²) in [4.78, 5) is 27.1. The van der Waals surface area contributed by atoms with Crippen LogP contribution in [0.1, 0.15) is 32.9 Å². The summed E-state index contributed by atoms with van der Waals surface area (Å²) in [5.41, 5.74) is 4.01. The van der Waals surface area contributed by atoms with Gasteiger partial charge in [-0.25, -0.2) is 4.79 Å². The number of aromatic nitrogens is 1. The zero-order chi connectivity index (χ0) is 16.7. The monoisotopic (exact) mass is 355 g/mol. The Morgan fingerprint density at radius 2 is 1.76 bits per heavy atom. The van der Waals surface area contributed by atoms with Crippen molar-refractivity contribution >= 4 is 24.2 Å². The summed E-state index contributed by atoms with van der Waals surface area (Å²) in [6, 6.07) is 10.6. The maximum Gasteiger partial charge on any atom is 0.371 e. The molecule has 0 atom stereocenters. The fourth-order valence-electron chi connectivity index (χ4n) is 3.05. The second kappa shape index (κ2) is 6.53. The summed E-state index contributed by atoms with van der Waals surface area (Å²) >= 11 is 0. The molecule has 1 aromatic carbocycles. The summed E-state index contributed by atoms with van der Waals surface area (Å²) in [7, 11) is 0. The van der Waals surface area contributed by atoms with Crippen LogP contribution >= 0.6 is 12.4 Å². The van der Waals surface area contributed by atoms with Crippen molar-refractivity contribution in [2.45, 2.75) is 12.8 Å². The van der Waals surface area contributed by atoms with Crippen molar-refractivity contribution in [1.82, 2.24) is 4.98 Å². The van der Waals surface area contributed by atoms with E-state index in [1.807, 2.05) is 6.07 Å². The number of carbonyl (C=O) groups excluding carboxylic acids is 1. The van der Waals surface area contributed by atoms with E-state index in [0.717, 1.165) is 22.3 Å². The SMILES string of the molecule is Cl.O=C(O)c1cc(-c2ccncc2)c(-c2ccc3c(c2)CCC3=O)o1. The van der Waals surface area contributed by atoms with Crippen LogP contribution in [0.3, 0.4) is 0 Å². The van der Waals surface area contributed by atoms with Gasteiger partial charge in [-0.05, 0) is 41.8 Å². The molecule has 2 aromatic heterocycles. The van der Waals surface area contributed by atoms with Crippen molar-refractivity contribution in [2.24, 2.45) is 0 Å². The topological polar surface area (TPSA) is 80.4 Å². The number of carbonyl (C=O) groups is 2. The van der Waals surface area contributed by atoms with Gasteiger partial charge in [-0.3, -0.25) is 9.78 Å². The molecule has 0 aliphatic heterocycles. The first-order valence-electron chi connectivity index (χ1n) is 7.57. The Kier molecular flexibility index (Phi) is 4.42. The van der Waals surface area contributed by atoms with Gasteiger partial charge in [0.05, 0.1) is 0 Å². The van der Waals surface area contributed by atoms with E-state index in [9.17, 15) is 14.7 Å². The molecule has 0 fully saturated rings. The van der Waals surface area contributed by atoms with Crippen molar-refractivity contribution in [3.63, 3.8) is 0 Å². The van der Waals surface area contributed by atoms with Gasteiger partial charge in [-0.1, -0.05) is 12.1 Å². The number of carboxylic acid groups (broad SMARTS) is 1. The maximum absolute atomic E-state index is 11.8. The zero-order valence-corrected chi connectivity index (χ0v) is 13.9. The van der Waals surface area contributed by atoms with Gasteiger partial charge in [0.1, 0.15) is 5.76 Å². The van der Waals surface area contributed by atoms with Crippen LogP contribution in [0.15, 0.2) is 53.2 Å². The van der Waals surface area contributed by atoms with Gasteiger partial charge >= 0.3 is 5.97 Å². The molecule has 0 unspecified atom stereocenters. The summed E-state index contributed by atoms with van der Waals surface area (Å²) in [5, 5.41) is 9.26. The van der Waals surface area contributed by atoms with Crippen LogP contribution in [0, 0.1) is 0 Å². The lowest BCUT2D eigenvalue weighted by atomic mass is 9.99. The van der Waals surface area contributed by atoms with Gasteiger partial charge in [0, 0.05) is 35.5 Å². The van der Waals surface area contributed by atoms with Crippen molar-refractivity contribution in [1.29, 1.82) is 0 Å². The van der Waals surface area contributed by atoms with Crippen LogP contribution in [-0.2, 0) is 6.42 Å². The highest BCUT2D eigenvalue weighted by molar-refractivity contribution is 6.01. The second-order valence-corrected chi connectivity index (χ2v) is 5.69. The van der Waals surface area contributed by atoms with E-state index in [-0.39, 0.29) is 24.0 Å². The molecule has 6 heteroatoms. The molecule has 0 radical (unpaired) electrons. The standard InChI is InChI=1S/C19H13NO4.ClH/c21-16-4-2-12-9-13(1-3-14(12)16)18-15(10-17(24-18)19(22)23)11-5-7-20-8-6-11;/h1,3,5-10H,2,4H2,(H,22,23);1H. The van der Waals surface area contributed by atoms with Crippen LogP contribution in [0.4, 0.5) is 0 Å². The van der Waals surface area contributed by atoms with Gasteiger partial charge in [0.2, 0.25) is 5.76 Å². The lowest BCUT2D eigenvalue weighted by Crippen LogP contribution is -1.92. The summed E-state index contributed by atoms with van der Waals surface area (Å²) < 4.78 is 5.60. The number of carboxylic acids is 1. The molecule has 3 aromatic rings. The highest BCUT2D eigenvalue weighted by Crippen LogP contribution is 2.37. The first-order valence-corrected chi connectivity index (χ1v) is 7.57. The smallest absolute Gasteiger partial charge is 0.371 e. The minimum atomic E-state index is -1.12. The van der Waals surface area contributed by atoms with Gasteiger partial charge in [-0.2, -0.15) is 0 Å². The summed E-state index contributed by atoms with van der Waals surface area (Å²) in [6.45, 7) is 0. The minimum absolute atomic E-state index is 0. The average Bonchev–Trinajstić information content (AvgIpc) is 3.20. The lowest BCUT2D eigenvalue weighted by Gasteiger charge is -2.05. The van der Waals surface area contributed by atoms with Crippen LogP contribution in [0.5, 0.6) is 0 Å². The van der Waals surface area contributed by atoms with Crippen LogP contribution < -0.4 is 0 Å². The quantitative estimate of drug-likeness (QED) is 0.759. The van der Waals surface area contributed by atoms with E-state index >= 15 is 0 Å². The predicted octanol–water partition coefficient (Wildman–Crippen LogP) is 4.26. The number of ketones is 1. The third kappa shape index (κ3) is 2.94. The van der Waals surface area contributed by atoms with Crippen LogP contribution in [0.25, 0.3) is 22.5 Å². The Bertz CT molecular complexity index is 963. The molecule has 1 N–H and O–H groups in total. The van der Waals surface area contributed by atoms with Crippen LogP contribution in [-0.4, -0.2) is 21.8 Å². The number of fused-ring (bicyclic) bond motifs is 1. The Labute approximate surface area is 149 Å². The first kappa shape index (κ1) is 16.9. The number of furan rings is 1. The number of benzene rings is 1. The molecule has 2 heterocycles. The van der Waals surface area contributed by atoms with E-state index in [4.69, 9.17) is 4.42 Å².